The molecule has 0 bridgehead atoms. The van der Waals surface area contributed by atoms with E-state index in [1.807, 2.05) is 41.4 Å². The lowest BCUT2D eigenvalue weighted by Gasteiger charge is -2.36. The van der Waals surface area contributed by atoms with Gasteiger partial charge in [0.05, 0.1) is 19.3 Å². The number of rotatable bonds is 2. The van der Waals surface area contributed by atoms with Gasteiger partial charge in [0.25, 0.3) is 5.91 Å². The van der Waals surface area contributed by atoms with Crippen molar-refractivity contribution in [3.8, 4) is 5.75 Å². The molecule has 0 unspecified atom stereocenters. The van der Waals surface area contributed by atoms with Crippen LogP contribution >= 0.6 is 27.5 Å². The Kier molecular flexibility index (Phi) is 4.09. The molecule has 0 fully saturated rings. The fourth-order valence-corrected chi connectivity index (χ4v) is 3.65. The van der Waals surface area contributed by atoms with Crippen molar-refractivity contribution in [1.29, 1.82) is 0 Å². The van der Waals surface area contributed by atoms with E-state index in [9.17, 15) is 4.79 Å². The van der Waals surface area contributed by atoms with Gasteiger partial charge in [0.15, 0.2) is 0 Å². The van der Waals surface area contributed by atoms with Crippen LogP contribution in [0, 0.1) is 0 Å². The highest BCUT2D eigenvalue weighted by atomic mass is 79.9. The van der Waals surface area contributed by atoms with E-state index >= 15 is 0 Å². The van der Waals surface area contributed by atoms with Crippen molar-refractivity contribution in [2.24, 2.45) is 0 Å². The maximum Gasteiger partial charge on any atom is 0.286 e. The Morgan fingerprint density at radius 2 is 2.08 bits per heavy atom. The van der Waals surface area contributed by atoms with Crippen molar-refractivity contribution in [1.82, 2.24) is 5.43 Å². The number of nitrogens with zero attached hydrogens (tertiary/aromatic N) is 1. The Morgan fingerprint density at radius 1 is 1.24 bits per heavy atom. The molecule has 0 saturated heterocycles. The summed E-state index contributed by atoms with van der Waals surface area (Å²) in [6.07, 6.45) is 0.706. The standard InChI is InChI=1S/C18H15BrClN3O2/c1-25-16-7-12(19)3-5-15(16)23-9-11-6-10-2-4-13(20)8-14(10)21-17(11)18(24)22-23/h2-5,7-8,21H,6,9H2,1H3,(H,22,24). The van der Waals surface area contributed by atoms with Gasteiger partial charge in [-0.1, -0.05) is 33.6 Å². The van der Waals surface area contributed by atoms with Crippen molar-refractivity contribution in [2.75, 3.05) is 24.0 Å². The normalized spacial score (nSPS) is 16.0. The zero-order chi connectivity index (χ0) is 17.6. The number of carbonyl (C=O) groups excluding carboxylic acids is 1. The lowest BCUT2D eigenvalue weighted by molar-refractivity contribution is -0.117. The molecule has 0 spiro atoms. The maximum atomic E-state index is 12.6. The van der Waals surface area contributed by atoms with Crippen molar-refractivity contribution < 1.29 is 9.53 Å². The first-order valence-corrected chi connectivity index (χ1v) is 8.92. The van der Waals surface area contributed by atoms with Crippen molar-refractivity contribution >= 4 is 44.8 Å². The third-order valence-corrected chi connectivity index (χ3v) is 5.06. The predicted molar refractivity (Wildman–Crippen MR) is 102 cm³/mol. The molecule has 2 aliphatic heterocycles. The SMILES string of the molecule is COc1cc(Br)ccc1N1CC2=C(Nc3cc(Cl)ccc3C2)C(=O)N1. The van der Waals surface area contributed by atoms with E-state index in [1.165, 1.54) is 0 Å². The number of hydrazine groups is 1. The molecule has 2 heterocycles. The minimum Gasteiger partial charge on any atom is -0.494 e. The van der Waals surface area contributed by atoms with Gasteiger partial charge >= 0.3 is 0 Å². The summed E-state index contributed by atoms with van der Waals surface area (Å²) in [6, 6.07) is 11.4. The number of benzene rings is 2. The van der Waals surface area contributed by atoms with Crippen LogP contribution in [-0.4, -0.2) is 19.6 Å². The molecule has 2 aliphatic rings. The second-order valence-electron chi connectivity index (χ2n) is 5.93. The molecule has 2 N–H and O–H groups in total. The molecular weight excluding hydrogens is 406 g/mol. The second kappa shape index (κ2) is 6.28. The third kappa shape index (κ3) is 2.96. The number of hydrogen-bond acceptors (Lipinski definition) is 4. The molecule has 128 valence electrons. The summed E-state index contributed by atoms with van der Waals surface area (Å²) < 4.78 is 6.37. The molecule has 2 aromatic carbocycles. The van der Waals surface area contributed by atoms with Crippen LogP contribution in [0.25, 0.3) is 0 Å². The van der Waals surface area contributed by atoms with Crippen LogP contribution in [0.5, 0.6) is 5.75 Å². The zero-order valence-electron chi connectivity index (χ0n) is 13.4. The summed E-state index contributed by atoms with van der Waals surface area (Å²) in [7, 11) is 1.61. The average molecular weight is 421 g/mol. The quantitative estimate of drug-likeness (QED) is 0.774. The van der Waals surface area contributed by atoms with Crippen LogP contribution in [0.2, 0.25) is 5.02 Å². The maximum absolute atomic E-state index is 12.6. The smallest absolute Gasteiger partial charge is 0.286 e. The van der Waals surface area contributed by atoms with E-state index in [-0.39, 0.29) is 5.91 Å². The highest BCUT2D eigenvalue weighted by molar-refractivity contribution is 9.10. The molecule has 25 heavy (non-hydrogen) atoms. The van der Waals surface area contributed by atoms with E-state index in [2.05, 4.69) is 26.7 Å². The number of anilines is 2. The fourth-order valence-electron chi connectivity index (χ4n) is 3.14. The second-order valence-corrected chi connectivity index (χ2v) is 7.28. The number of hydrogen-bond donors (Lipinski definition) is 2. The van der Waals surface area contributed by atoms with Gasteiger partial charge in [-0.2, -0.15) is 0 Å². The predicted octanol–water partition coefficient (Wildman–Crippen LogP) is 3.88. The van der Waals surface area contributed by atoms with E-state index in [4.69, 9.17) is 16.3 Å². The summed E-state index contributed by atoms with van der Waals surface area (Å²) in [5, 5.41) is 5.68. The van der Waals surface area contributed by atoms with Crippen molar-refractivity contribution in [2.45, 2.75) is 6.42 Å². The van der Waals surface area contributed by atoms with Crippen molar-refractivity contribution in [3.63, 3.8) is 0 Å². The van der Waals surface area contributed by atoms with Gasteiger partial charge in [0.2, 0.25) is 0 Å². The Balaban J connectivity index is 1.67. The first-order chi connectivity index (χ1) is 12.0. The molecule has 5 nitrogen and oxygen atoms in total. The number of fused-ring (bicyclic) bond motifs is 1. The van der Waals surface area contributed by atoms with Gasteiger partial charge in [-0.15, -0.1) is 0 Å². The molecule has 0 saturated carbocycles. The third-order valence-electron chi connectivity index (χ3n) is 4.33. The number of carbonyl (C=O) groups is 1. The lowest BCUT2D eigenvalue weighted by atomic mass is 9.95. The molecule has 0 aromatic heterocycles. The van der Waals surface area contributed by atoms with Gasteiger partial charge in [-0.05, 0) is 47.9 Å². The number of halogens is 2. The summed E-state index contributed by atoms with van der Waals surface area (Å²) in [5.41, 5.74) is 7.37. The molecule has 1 amide bonds. The van der Waals surface area contributed by atoms with E-state index in [0.29, 0.717) is 29.4 Å². The highest BCUT2D eigenvalue weighted by Gasteiger charge is 2.30. The Morgan fingerprint density at radius 3 is 2.88 bits per heavy atom. The monoisotopic (exact) mass is 419 g/mol. The lowest BCUT2D eigenvalue weighted by Crippen LogP contribution is -2.51. The summed E-state index contributed by atoms with van der Waals surface area (Å²) in [6.45, 7) is 0.578. The fraction of sp³-hybridized carbons (Fsp3) is 0.167. The van der Waals surface area contributed by atoms with Crippen LogP contribution in [-0.2, 0) is 11.2 Å². The minimum absolute atomic E-state index is 0.170. The van der Waals surface area contributed by atoms with E-state index < -0.39 is 0 Å². The van der Waals surface area contributed by atoms with Gasteiger partial charge in [0.1, 0.15) is 11.4 Å². The molecular formula is C18H15BrClN3O2. The summed E-state index contributed by atoms with van der Waals surface area (Å²) >= 11 is 9.49. The number of methoxy groups -OCH3 is 1. The van der Waals surface area contributed by atoms with Gasteiger partial charge in [-0.25, -0.2) is 0 Å². The minimum atomic E-state index is -0.170. The molecule has 0 atom stereocenters. The van der Waals surface area contributed by atoms with Crippen LogP contribution in [0.1, 0.15) is 5.56 Å². The Bertz CT molecular complexity index is 913. The van der Waals surface area contributed by atoms with Crippen LogP contribution in [0.15, 0.2) is 52.1 Å². The molecule has 7 heteroatoms. The Labute approximate surface area is 158 Å². The molecule has 0 radical (unpaired) electrons. The largest absolute Gasteiger partial charge is 0.494 e. The van der Waals surface area contributed by atoms with E-state index in [0.717, 1.165) is 27.0 Å². The van der Waals surface area contributed by atoms with Gasteiger partial charge in [-0.3, -0.25) is 15.2 Å². The van der Waals surface area contributed by atoms with Crippen molar-refractivity contribution in [3.05, 3.63) is 62.7 Å². The van der Waals surface area contributed by atoms with Crippen LogP contribution in [0.4, 0.5) is 11.4 Å². The molecule has 4 rings (SSSR count). The first kappa shape index (κ1) is 16.3. The molecule has 0 aliphatic carbocycles. The number of ether oxygens (including phenoxy) is 1. The summed E-state index contributed by atoms with van der Waals surface area (Å²) in [5.74, 6) is 0.520. The van der Waals surface area contributed by atoms with Gasteiger partial charge < -0.3 is 10.1 Å². The van der Waals surface area contributed by atoms with Crippen LogP contribution in [0.3, 0.4) is 0 Å². The summed E-state index contributed by atoms with van der Waals surface area (Å²) in [4.78, 5) is 12.6. The highest BCUT2D eigenvalue weighted by Crippen LogP contribution is 2.35. The number of nitrogens with one attached hydrogen (secondary N) is 2. The van der Waals surface area contributed by atoms with E-state index in [1.54, 1.807) is 7.11 Å². The van der Waals surface area contributed by atoms with Gasteiger partial charge in [0, 0.05) is 15.2 Å². The topological polar surface area (TPSA) is 53.6 Å². The average Bonchev–Trinajstić information content (AvgIpc) is 2.60. The Hall–Kier alpha value is -2.18. The molecule has 2 aromatic rings. The van der Waals surface area contributed by atoms with Crippen LogP contribution < -0.4 is 20.5 Å². The number of amides is 1. The zero-order valence-corrected chi connectivity index (χ0v) is 15.7. The first-order valence-electron chi connectivity index (χ1n) is 7.74.